The number of azide groups is 1. The Balaban J connectivity index is 3.69. The molecule has 0 fully saturated rings. The fourth-order valence-corrected chi connectivity index (χ4v) is 0.630. The van der Waals surface area contributed by atoms with Crippen molar-refractivity contribution in [2.75, 3.05) is 6.54 Å². The highest BCUT2D eigenvalue weighted by molar-refractivity contribution is 5.81. The van der Waals surface area contributed by atoms with Crippen LogP contribution < -0.4 is 5.73 Å². The number of nitrogens with two attached hydrogens (primary N) is 1. The van der Waals surface area contributed by atoms with Crippen LogP contribution in [0.4, 0.5) is 0 Å². The highest BCUT2D eigenvalue weighted by atomic mass is 16.4. The lowest BCUT2D eigenvalue weighted by atomic mass is 10.1. The minimum absolute atomic E-state index is 0.0203. The first-order valence-electron chi connectivity index (χ1n) is 3.59. The van der Waals surface area contributed by atoms with E-state index >= 15 is 0 Å². The summed E-state index contributed by atoms with van der Waals surface area (Å²) in [4.78, 5) is 23.4. The molecule has 0 aromatic heterocycles. The van der Waals surface area contributed by atoms with Gasteiger partial charge in [0, 0.05) is 11.3 Å². The molecule has 0 aromatic carbocycles. The van der Waals surface area contributed by atoms with Crippen LogP contribution in [-0.4, -0.2) is 29.4 Å². The molecule has 7 nitrogen and oxygen atoms in total. The Bertz CT molecular complexity index is 246. The maximum Gasteiger partial charge on any atom is 0.320 e. The zero-order valence-corrected chi connectivity index (χ0v) is 6.88. The molecule has 0 amide bonds. The van der Waals surface area contributed by atoms with Gasteiger partial charge >= 0.3 is 5.97 Å². The molecule has 0 aromatic rings. The second kappa shape index (κ2) is 5.99. The van der Waals surface area contributed by atoms with E-state index in [1.165, 1.54) is 0 Å². The molecule has 0 aliphatic heterocycles. The summed E-state index contributed by atoms with van der Waals surface area (Å²) in [5, 5.41) is 11.4. The van der Waals surface area contributed by atoms with E-state index in [4.69, 9.17) is 16.4 Å². The molecule has 0 aliphatic carbocycles. The Kier molecular flexibility index (Phi) is 5.25. The largest absolute Gasteiger partial charge is 0.480 e. The van der Waals surface area contributed by atoms with Crippen molar-refractivity contribution in [2.24, 2.45) is 10.8 Å². The molecule has 0 aliphatic rings. The molecular formula is C6H10N4O3. The number of carbonyl (C=O) groups is 2. The molecule has 0 saturated heterocycles. The number of rotatable bonds is 6. The summed E-state index contributed by atoms with van der Waals surface area (Å²) in [5.74, 6) is -1.45. The maximum atomic E-state index is 10.8. The van der Waals surface area contributed by atoms with Crippen LogP contribution in [0.1, 0.15) is 12.8 Å². The average molecular weight is 186 g/mol. The number of hydrogen-bond donors (Lipinski definition) is 2. The minimum atomic E-state index is -1.14. The smallest absolute Gasteiger partial charge is 0.320 e. The van der Waals surface area contributed by atoms with Gasteiger partial charge in [0.25, 0.3) is 0 Å². The van der Waals surface area contributed by atoms with Gasteiger partial charge in [-0.3, -0.25) is 9.59 Å². The van der Waals surface area contributed by atoms with E-state index < -0.39 is 12.0 Å². The van der Waals surface area contributed by atoms with Gasteiger partial charge in [0.05, 0.1) is 6.54 Å². The normalized spacial score (nSPS) is 11.5. The van der Waals surface area contributed by atoms with Crippen molar-refractivity contribution in [3.05, 3.63) is 10.4 Å². The number of Topliss-reactive ketones (excluding diaryl/α,β-unsaturated/α-hetero) is 1. The molecule has 0 rings (SSSR count). The van der Waals surface area contributed by atoms with Crippen LogP contribution >= 0.6 is 0 Å². The Morgan fingerprint density at radius 1 is 1.62 bits per heavy atom. The molecule has 3 N–H and O–H groups in total. The van der Waals surface area contributed by atoms with E-state index in [-0.39, 0.29) is 25.2 Å². The van der Waals surface area contributed by atoms with Gasteiger partial charge in [-0.15, -0.1) is 0 Å². The third-order valence-electron chi connectivity index (χ3n) is 1.36. The summed E-state index contributed by atoms with van der Waals surface area (Å²) in [5.41, 5.74) is 13.0. The van der Waals surface area contributed by atoms with Crippen LogP contribution in [0, 0.1) is 0 Å². The van der Waals surface area contributed by atoms with Crippen molar-refractivity contribution < 1.29 is 14.7 Å². The number of nitrogens with zero attached hydrogens (tertiary/aromatic N) is 3. The lowest BCUT2D eigenvalue weighted by Gasteiger charge is -2.03. The second-order valence-corrected chi connectivity index (χ2v) is 2.41. The molecule has 0 saturated carbocycles. The zero-order chi connectivity index (χ0) is 10.3. The first-order chi connectivity index (χ1) is 6.07. The topological polar surface area (TPSA) is 129 Å². The van der Waals surface area contributed by atoms with E-state index in [2.05, 4.69) is 10.0 Å². The van der Waals surface area contributed by atoms with Crippen LogP contribution in [-0.2, 0) is 9.59 Å². The van der Waals surface area contributed by atoms with Gasteiger partial charge < -0.3 is 10.8 Å². The van der Waals surface area contributed by atoms with Crippen LogP contribution in [0.25, 0.3) is 10.4 Å². The van der Waals surface area contributed by atoms with Gasteiger partial charge in [-0.25, -0.2) is 0 Å². The maximum absolute atomic E-state index is 10.8. The fraction of sp³-hybridized carbons (Fsp3) is 0.667. The lowest BCUT2D eigenvalue weighted by molar-refractivity contribution is -0.138. The summed E-state index contributed by atoms with van der Waals surface area (Å²) >= 11 is 0. The Morgan fingerprint density at radius 2 is 2.23 bits per heavy atom. The van der Waals surface area contributed by atoms with Gasteiger partial charge in [-0.05, 0) is 12.0 Å². The summed E-state index contributed by atoms with van der Waals surface area (Å²) in [6, 6.07) is -1.03. The summed E-state index contributed by atoms with van der Waals surface area (Å²) in [7, 11) is 0. The molecule has 0 spiro atoms. The van der Waals surface area contributed by atoms with Crippen molar-refractivity contribution in [3.63, 3.8) is 0 Å². The predicted molar refractivity (Wildman–Crippen MR) is 43.9 cm³/mol. The molecule has 0 radical (unpaired) electrons. The molecule has 0 unspecified atom stereocenters. The number of aliphatic carboxylic acids is 1. The Morgan fingerprint density at radius 3 is 2.69 bits per heavy atom. The molecule has 0 heterocycles. The van der Waals surface area contributed by atoms with Gasteiger partial charge in [0.2, 0.25) is 0 Å². The zero-order valence-electron chi connectivity index (χ0n) is 6.88. The molecule has 7 heteroatoms. The van der Waals surface area contributed by atoms with Gasteiger partial charge in [0.15, 0.2) is 0 Å². The van der Waals surface area contributed by atoms with Gasteiger partial charge in [-0.2, -0.15) is 0 Å². The third-order valence-corrected chi connectivity index (χ3v) is 1.36. The number of hydrogen-bond acceptors (Lipinski definition) is 4. The van der Waals surface area contributed by atoms with E-state index in [9.17, 15) is 9.59 Å². The Labute approximate surface area is 74.2 Å². The molecule has 0 bridgehead atoms. The number of ketones is 1. The molecule has 72 valence electrons. The van der Waals surface area contributed by atoms with Crippen molar-refractivity contribution in [3.8, 4) is 0 Å². The lowest BCUT2D eigenvalue weighted by Crippen LogP contribution is -2.30. The van der Waals surface area contributed by atoms with Gasteiger partial charge in [-0.1, -0.05) is 5.11 Å². The van der Waals surface area contributed by atoms with Crippen LogP contribution in [0.3, 0.4) is 0 Å². The molecular weight excluding hydrogens is 176 g/mol. The number of carbonyl (C=O) groups excluding carboxylic acids is 1. The number of carboxylic acid groups (broad SMARTS) is 1. The molecule has 1 atom stereocenters. The third kappa shape index (κ3) is 5.66. The predicted octanol–water partition coefficient (Wildman–Crippen LogP) is 0.0579. The van der Waals surface area contributed by atoms with E-state index in [1.807, 2.05) is 0 Å². The highest BCUT2D eigenvalue weighted by Gasteiger charge is 2.12. The standard InChI is InChI=1S/C6H10N4O3/c7-5(6(12)13)2-1-4(11)3-9-10-8/h5H,1-3,7H2,(H,12,13)/t5-/m0/s1. The monoisotopic (exact) mass is 186 g/mol. The Hall–Kier alpha value is -1.59. The van der Waals surface area contributed by atoms with E-state index in [0.29, 0.717) is 0 Å². The fourth-order valence-electron chi connectivity index (χ4n) is 0.630. The van der Waals surface area contributed by atoms with Crippen molar-refractivity contribution in [1.29, 1.82) is 0 Å². The van der Waals surface area contributed by atoms with Crippen molar-refractivity contribution >= 4 is 11.8 Å². The summed E-state index contributed by atoms with van der Waals surface area (Å²) < 4.78 is 0. The SMILES string of the molecule is [N-]=[N+]=NCC(=O)CC[C@H](N)C(=O)O. The van der Waals surface area contributed by atoms with Crippen LogP contribution in [0.5, 0.6) is 0 Å². The first-order valence-corrected chi connectivity index (χ1v) is 3.59. The van der Waals surface area contributed by atoms with E-state index in [0.717, 1.165) is 0 Å². The van der Waals surface area contributed by atoms with Crippen LogP contribution in [0.2, 0.25) is 0 Å². The van der Waals surface area contributed by atoms with E-state index in [1.54, 1.807) is 0 Å². The van der Waals surface area contributed by atoms with Crippen molar-refractivity contribution in [1.82, 2.24) is 0 Å². The highest BCUT2D eigenvalue weighted by Crippen LogP contribution is 1.96. The van der Waals surface area contributed by atoms with Crippen molar-refractivity contribution in [2.45, 2.75) is 18.9 Å². The minimum Gasteiger partial charge on any atom is -0.480 e. The first kappa shape index (κ1) is 11.4. The summed E-state index contributed by atoms with van der Waals surface area (Å²) in [6.45, 7) is -0.247. The quantitative estimate of drug-likeness (QED) is 0.345. The van der Waals surface area contributed by atoms with Crippen LogP contribution in [0.15, 0.2) is 5.11 Å². The number of carboxylic acids is 1. The molecule has 13 heavy (non-hydrogen) atoms. The summed E-state index contributed by atoms with van der Waals surface area (Å²) in [6.07, 6.45) is 0.0849. The average Bonchev–Trinajstić information content (AvgIpc) is 2.10. The second-order valence-electron chi connectivity index (χ2n) is 2.41. The van der Waals surface area contributed by atoms with Gasteiger partial charge in [0.1, 0.15) is 11.8 Å².